The normalized spacial score (nSPS) is 14.2. The van der Waals surface area contributed by atoms with E-state index in [1.54, 1.807) is 7.11 Å². The molecule has 1 aliphatic rings. The number of aromatic nitrogens is 1. The highest BCUT2D eigenvalue weighted by Gasteiger charge is 2.25. The van der Waals surface area contributed by atoms with Crippen LogP contribution < -0.4 is 4.74 Å². The van der Waals surface area contributed by atoms with Gasteiger partial charge in [-0.3, -0.25) is 0 Å². The van der Waals surface area contributed by atoms with Crippen LogP contribution in [-0.4, -0.2) is 22.9 Å². The molecule has 0 unspecified atom stereocenters. The Kier molecular flexibility index (Phi) is 2.63. The lowest BCUT2D eigenvalue weighted by Gasteiger charge is -2.13. The lowest BCUT2D eigenvalue weighted by atomic mass is 10.1. The highest BCUT2D eigenvalue weighted by Crippen LogP contribution is 2.43. The number of nitrogens with zero attached hydrogens (tertiary/aromatic N) is 1. The van der Waals surface area contributed by atoms with Crippen molar-refractivity contribution in [2.45, 2.75) is 26.0 Å². The van der Waals surface area contributed by atoms with Crippen LogP contribution in [0.25, 0.3) is 11.3 Å². The largest absolute Gasteiger partial charge is 0.496 e. The molecule has 3 heteroatoms. The molecule has 1 atom stereocenters. The molecule has 1 N–H and O–H groups in total. The topological polar surface area (TPSA) is 34.4 Å². The van der Waals surface area contributed by atoms with Crippen LogP contribution in [0.2, 0.25) is 0 Å². The minimum atomic E-state index is -0.347. The van der Waals surface area contributed by atoms with Gasteiger partial charge in [0.2, 0.25) is 0 Å². The van der Waals surface area contributed by atoms with Crippen LogP contribution >= 0.6 is 0 Å². The van der Waals surface area contributed by atoms with Gasteiger partial charge in [-0.25, -0.2) is 0 Å². The smallest absolute Gasteiger partial charge is 0.128 e. The maximum Gasteiger partial charge on any atom is 0.128 e. The number of aliphatic hydroxyl groups excluding tert-OH is 1. The number of fused-ring (bicyclic) bond motifs is 3. The number of aliphatic hydroxyl groups is 1. The van der Waals surface area contributed by atoms with Crippen molar-refractivity contribution in [1.29, 1.82) is 0 Å². The number of hydrogen-bond donors (Lipinski definition) is 1. The second-order valence-corrected chi connectivity index (χ2v) is 4.86. The van der Waals surface area contributed by atoms with Crippen molar-refractivity contribution in [2.75, 3.05) is 7.11 Å². The summed E-state index contributed by atoms with van der Waals surface area (Å²) in [5.41, 5.74) is 5.00. The molecule has 1 aromatic heterocycles. The lowest BCUT2D eigenvalue weighted by molar-refractivity contribution is 0.174. The SMILES string of the molecule is COc1cccc2c1-c1c(ccn1C[C@H](C)O)C2. The zero-order valence-corrected chi connectivity index (χ0v) is 10.7. The molecular weight excluding hydrogens is 226 g/mol. The molecule has 1 heterocycles. The van der Waals surface area contributed by atoms with Crippen LogP contribution in [0.4, 0.5) is 0 Å². The molecule has 0 saturated heterocycles. The van der Waals surface area contributed by atoms with Gasteiger partial charge < -0.3 is 14.4 Å². The molecule has 18 heavy (non-hydrogen) atoms. The maximum atomic E-state index is 9.58. The van der Waals surface area contributed by atoms with Gasteiger partial charge in [-0.15, -0.1) is 0 Å². The standard InChI is InChI=1S/C15H17NO2/c1-10(17)9-16-7-6-12-8-11-4-3-5-13(18-2)14(11)15(12)16/h3-7,10,17H,8-9H2,1-2H3/t10-/m0/s1. The summed E-state index contributed by atoms with van der Waals surface area (Å²) in [5, 5.41) is 9.58. The fourth-order valence-corrected chi connectivity index (χ4v) is 2.77. The molecule has 94 valence electrons. The lowest BCUT2D eigenvalue weighted by Crippen LogP contribution is -2.11. The molecule has 3 rings (SSSR count). The predicted octanol–water partition coefficient (Wildman–Crippen LogP) is 2.45. The Bertz CT molecular complexity index is 584. The van der Waals surface area contributed by atoms with Gasteiger partial charge in [0.05, 0.1) is 18.9 Å². The molecule has 0 radical (unpaired) electrons. The van der Waals surface area contributed by atoms with Gasteiger partial charge in [0.15, 0.2) is 0 Å². The first-order valence-electron chi connectivity index (χ1n) is 6.23. The summed E-state index contributed by atoms with van der Waals surface area (Å²) < 4.78 is 7.59. The summed E-state index contributed by atoms with van der Waals surface area (Å²) in [7, 11) is 1.70. The molecule has 0 bridgehead atoms. The third-order valence-electron chi connectivity index (χ3n) is 3.46. The Morgan fingerprint density at radius 2 is 2.17 bits per heavy atom. The van der Waals surface area contributed by atoms with Crippen molar-refractivity contribution >= 4 is 0 Å². The molecular formula is C15H17NO2. The summed E-state index contributed by atoms with van der Waals surface area (Å²) in [4.78, 5) is 0. The van der Waals surface area contributed by atoms with E-state index in [0.29, 0.717) is 6.54 Å². The predicted molar refractivity (Wildman–Crippen MR) is 70.9 cm³/mol. The van der Waals surface area contributed by atoms with Crippen molar-refractivity contribution in [3.63, 3.8) is 0 Å². The van der Waals surface area contributed by atoms with Crippen LogP contribution in [-0.2, 0) is 13.0 Å². The zero-order valence-electron chi connectivity index (χ0n) is 10.7. The highest BCUT2D eigenvalue weighted by molar-refractivity contribution is 5.79. The Morgan fingerprint density at radius 1 is 1.33 bits per heavy atom. The van der Waals surface area contributed by atoms with E-state index >= 15 is 0 Å². The van der Waals surface area contributed by atoms with Crippen molar-refractivity contribution in [1.82, 2.24) is 4.57 Å². The summed E-state index contributed by atoms with van der Waals surface area (Å²) in [6, 6.07) is 8.30. The number of methoxy groups -OCH3 is 1. The minimum absolute atomic E-state index is 0.347. The molecule has 0 saturated carbocycles. The molecule has 1 aliphatic carbocycles. The second kappa shape index (κ2) is 4.18. The van der Waals surface area contributed by atoms with Crippen molar-refractivity contribution in [3.8, 4) is 17.0 Å². The summed E-state index contributed by atoms with van der Waals surface area (Å²) in [6.07, 6.45) is 2.65. The van der Waals surface area contributed by atoms with Gasteiger partial charge in [-0.1, -0.05) is 12.1 Å². The van der Waals surface area contributed by atoms with E-state index in [4.69, 9.17) is 4.74 Å². The number of benzene rings is 1. The first-order valence-corrected chi connectivity index (χ1v) is 6.23. The quantitative estimate of drug-likeness (QED) is 0.766. The van der Waals surface area contributed by atoms with Crippen LogP contribution in [0.5, 0.6) is 5.75 Å². The van der Waals surface area contributed by atoms with E-state index in [9.17, 15) is 5.11 Å². The van der Waals surface area contributed by atoms with E-state index < -0.39 is 0 Å². The highest BCUT2D eigenvalue weighted by atomic mass is 16.5. The summed E-state index contributed by atoms with van der Waals surface area (Å²) in [5.74, 6) is 0.914. The van der Waals surface area contributed by atoms with E-state index in [1.807, 2.05) is 25.3 Å². The number of rotatable bonds is 3. The molecule has 0 aliphatic heterocycles. The average Bonchev–Trinajstić information content (AvgIpc) is 2.88. The average molecular weight is 243 g/mol. The maximum absolute atomic E-state index is 9.58. The third kappa shape index (κ3) is 1.63. The number of hydrogen-bond acceptors (Lipinski definition) is 2. The molecule has 0 amide bonds. The van der Waals surface area contributed by atoms with Crippen molar-refractivity contribution in [2.24, 2.45) is 0 Å². The Hall–Kier alpha value is -1.74. The fourth-order valence-electron chi connectivity index (χ4n) is 2.77. The zero-order chi connectivity index (χ0) is 12.7. The van der Waals surface area contributed by atoms with E-state index in [1.165, 1.54) is 22.4 Å². The fraction of sp³-hybridized carbons (Fsp3) is 0.333. The minimum Gasteiger partial charge on any atom is -0.496 e. The monoisotopic (exact) mass is 243 g/mol. The molecule has 0 fully saturated rings. The Balaban J connectivity index is 2.15. The van der Waals surface area contributed by atoms with E-state index in [2.05, 4.69) is 16.7 Å². The van der Waals surface area contributed by atoms with E-state index in [0.717, 1.165) is 12.2 Å². The molecule has 2 aromatic rings. The van der Waals surface area contributed by atoms with Crippen LogP contribution in [0.3, 0.4) is 0 Å². The molecule has 3 nitrogen and oxygen atoms in total. The summed E-state index contributed by atoms with van der Waals surface area (Å²) in [6.45, 7) is 2.43. The second-order valence-electron chi connectivity index (χ2n) is 4.86. The summed E-state index contributed by atoms with van der Waals surface area (Å²) >= 11 is 0. The Morgan fingerprint density at radius 3 is 2.89 bits per heavy atom. The molecule has 1 aromatic carbocycles. The van der Waals surface area contributed by atoms with Gasteiger partial charge in [0.1, 0.15) is 5.75 Å². The third-order valence-corrected chi connectivity index (χ3v) is 3.46. The van der Waals surface area contributed by atoms with Gasteiger partial charge >= 0.3 is 0 Å². The Labute approximate surface area is 107 Å². The first kappa shape index (κ1) is 11.4. The van der Waals surface area contributed by atoms with Crippen LogP contribution in [0.1, 0.15) is 18.1 Å². The van der Waals surface area contributed by atoms with E-state index in [-0.39, 0.29) is 6.10 Å². The van der Waals surface area contributed by atoms with Gasteiger partial charge in [0.25, 0.3) is 0 Å². The van der Waals surface area contributed by atoms with Crippen molar-refractivity contribution in [3.05, 3.63) is 41.6 Å². The number of ether oxygens (including phenoxy) is 1. The van der Waals surface area contributed by atoms with Crippen molar-refractivity contribution < 1.29 is 9.84 Å². The first-order chi connectivity index (χ1) is 8.70. The van der Waals surface area contributed by atoms with Crippen LogP contribution in [0, 0.1) is 0 Å². The van der Waals surface area contributed by atoms with Gasteiger partial charge in [0, 0.05) is 24.7 Å². The molecule has 0 spiro atoms. The van der Waals surface area contributed by atoms with Gasteiger partial charge in [-0.2, -0.15) is 0 Å². The van der Waals surface area contributed by atoms with Gasteiger partial charge in [-0.05, 0) is 30.2 Å². The van der Waals surface area contributed by atoms with Crippen LogP contribution in [0.15, 0.2) is 30.5 Å².